The van der Waals surface area contributed by atoms with Crippen molar-refractivity contribution in [3.63, 3.8) is 0 Å². The number of nitrogens with one attached hydrogen (secondary N) is 1. The van der Waals surface area contributed by atoms with Crippen molar-refractivity contribution in [2.45, 2.75) is 13.3 Å². The van der Waals surface area contributed by atoms with Crippen molar-refractivity contribution < 1.29 is 0 Å². The summed E-state index contributed by atoms with van der Waals surface area (Å²) in [5.41, 5.74) is 2.56. The molecule has 1 N–H and O–H groups in total. The van der Waals surface area contributed by atoms with Crippen LogP contribution in [0.25, 0.3) is 0 Å². The topological polar surface area (TPSA) is 41.1 Å². The van der Waals surface area contributed by atoms with Crippen molar-refractivity contribution in [1.29, 1.82) is 0 Å². The SMILES string of the molecule is Cc1ccc(Cc2nsc(N3CCNCC3)n2)cc1. The summed E-state index contributed by atoms with van der Waals surface area (Å²) in [6.45, 7) is 6.23. The molecule has 0 amide bonds. The average molecular weight is 274 g/mol. The Bertz CT molecular complexity index is 529. The van der Waals surface area contributed by atoms with Gasteiger partial charge in [0.15, 0.2) is 0 Å². The van der Waals surface area contributed by atoms with Crippen LogP contribution in [-0.2, 0) is 6.42 Å². The predicted molar refractivity (Wildman–Crippen MR) is 79.0 cm³/mol. The molecule has 2 aromatic rings. The van der Waals surface area contributed by atoms with Crippen LogP contribution in [-0.4, -0.2) is 35.5 Å². The Hall–Kier alpha value is -1.46. The summed E-state index contributed by atoms with van der Waals surface area (Å²) in [4.78, 5) is 6.97. The molecule has 1 aromatic heterocycles. The summed E-state index contributed by atoms with van der Waals surface area (Å²) in [5, 5.41) is 4.41. The van der Waals surface area contributed by atoms with Gasteiger partial charge in [0.05, 0.1) is 0 Å². The molecule has 0 saturated carbocycles. The maximum Gasteiger partial charge on any atom is 0.205 e. The fraction of sp³-hybridized carbons (Fsp3) is 0.429. The second kappa shape index (κ2) is 5.67. The number of piperazine rings is 1. The Kier molecular flexibility index (Phi) is 3.75. The number of anilines is 1. The minimum absolute atomic E-state index is 0.822. The molecule has 0 bridgehead atoms. The Morgan fingerprint density at radius 2 is 1.95 bits per heavy atom. The Labute approximate surface area is 117 Å². The molecule has 1 saturated heterocycles. The number of hydrogen-bond donors (Lipinski definition) is 1. The van der Waals surface area contributed by atoms with Crippen molar-refractivity contribution >= 4 is 16.7 Å². The Morgan fingerprint density at radius 3 is 2.68 bits per heavy atom. The van der Waals surface area contributed by atoms with E-state index in [1.165, 1.54) is 22.7 Å². The summed E-state index contributed by atoms with van der Waals surface area (Å²) < 4.78 is 4.48. The summed E-state index contributed by atoms with van der Waals surface area (Å²) >= 11 is 1.52. The first-order chi connectivity index (χ1) is 9.31. The van der Waals surface area contributed by atoms with Crippen LogP contribution in [0.5, 0.6) is 0 Å². The minimum Gasteiger partial charge on any atom is -0.344 e. The first kappa shape index (κ1) is 12.6. The zero-order valence-electron chi connectivity index (χ0n) is 11.1. The fourth-order valence-corrected chi connectivity index (χ4v) is 2.93. The number of benzene rings is 1. The third-order valence-electron chi connectivity index (χ3n) is 3.33. The number of nitrogens with zero attached hydrogens (tertiary/aromatic N) is 3. The second-order valence-electron chi connectivity index (χ2n) is 4.89. The quantitative estimate of drug-likeness (QED) is 0.927. The molecular weight excluding hydrogens is 256 g/mol. The summed E-state index contributed by atoms with van der Waals surface area (Å²) in [5.74, 6) is 0.933. The predicted octanol–water partition coefficient (Wildman–Crippen LogP) is 1.85. The van der Waals surface area contributed by atoms with E-state index in [9.17, 15) is 0 Å². The molecule has 5 heteroatoms. The van der Waals surface area contributed by atoms with E-state index < -0.39 is 0 Å². The zero-order valence-corrected chi connectivity index (χ0v) is 11.9. The maximum atomic E-state index is 4.66. The lowest BCUT2D eigenvalue weighted by Crippen LogP contribution is -2.43. The summed E-state index contributed by atoms with van der Waals surface area (Å²) in [7, 11) is 0. The molecule has 0 spiro atoms. The van der Waals surface area contributed by atoms with Crippen LogP contribution in [0.2, 0.25) is 0 Å². The van der Waals surface area contributed by atoms with Gasteiger partial charge >= 0.3 is 0 Å². The Morgan fingerprint density at radius 1 is 1.21 bits per heavy atom. The van der Waals surface area contributed by atoms with E-state index in [4.69, 9.17) is 0 Å². The largest absolute Gasteiger partial charge is 0.344 e. The number of hydrogen-bond acceptors (Lipinski definition) is 5. The number of rotatable bonds is 3. The Balaban J connectivity index is 1.68. The molecule has 1 aromatic carbocycles. The van der Waals surface area contributed by atoms with Gasteiger partial charge in [-0.1, -0.05) is 29.8 Å². The monoisotopic (exact) mass is 274 g/mol. The van der Waals surface area contributed by atoms with Crippen LogP contribution in [0.4, 0.5) is 5.13 Å². The standard InChI is InChI=1S/C14H18N4S/c1-11-2-4-12(5-3-11)10-13-16-14(19-17-13)18-8-6-15-7-9-18/h2-5,15H,6-10H2,1H3. The van der Waals surface area contributed by atoms with E-state index in [-0.39, 0.29) is 0 Å². The van der Waals surface area contributed by atoms with E-state index in [2.05, 4.69) is 50.8 Å². The summed E-state index contributed by atoms with van der Waals surface area (Å²) in [6, 6.07) is 8.58. The third-order valence-corrected chi connectivity index (χ3v) is 4.14. The second-order valence-corrected chi connectivity index (χ2v) is 5.62. The molecule has 100 valence electrons. The maximum absolute atomic E-state index is 4.66. The van der Waals surface area contributed by atoms with Gasteiger partial charge in [0.1, 0.15) is 5.82 Å². The molecule has 0 radical (unpaired) electrons. The molecule has 3 rings (SSSR count). The lowest BCUT2D eigenvalue weighted by Gasteiger charge is -2.26. The lowest BCUT2D eigenvalue weighted by atomic mass is 10.1. The van der Waals surface area contributed by atoms with E-state index in [1.54, 1.807) is 0 Å². The normalized spacial score (nSPS) is 15.7. The first-order valence-corrected chi connectivity index (χ1v) is 7.42. The molecule has 4 nitrogen and oxygen atoms in total. The van der Waals surface area contributed by atoms with Crippen molar-refractivity contribution in [3.8, 4) is 0 Å². The third kappa shape index (κ3) is 3.11. The van der Waals surface area contributed by atoms with E-state index >= 15 is 0 Å². The van der Waals surface area contributed by atoms with Crippen molar-refractivity contribution in [3.05, 3.63) is 41.2 Å². The van der Waals surface area contributed by atoms with Gasteiger partial charge in [-0.05, 0) is 12.5 Å². The van der Waals surface area contributed by atoms with Gasteiger partial charge in [0, 0.05) is 44.1 Å². The molecule has 1 aliphatic rings. The molecule has 0 aliphatic carbocycles. The van der Waals surface area contributed by atoms with Crippen LogP contribution in [0, 0.1) is 6.92 Å². The van der Waals surface area contributed by atoms with Gasteiger partial charge in [-0.3, -0.25) is 0 Å². The zero-order chi connectivity index (χ0) is 13.1. The van der Waals surface area contributed by atoms with Crippen molar-refractivity contribution in [2.24, 2.45) is 0 Å². The highest BCUT2D eigenvalue weighted by Gasteiger charge is 2.15. The lowest BCUT2D eigenvalue weighted by molar-refractivity contribution is 0.588. The van der Waals surface area contributed by atoms with Gasteiger partial charge in [0.2, 0.25) is 5.13 Å². The smallest absolute Gasteiger partial charge is 0.205 e. The first-order valence-electron chi connectivity index (χ1n) is 6.65. The van der Waals surface area contributed by atoms with E-state index in [0.29, 0.717) is 0 Å². The molecule has 0 atom stereocenters. The van der Waals surface area contributed by atoms with E-state index in [0.717, 1.165) is 43.6 Å². The molecule has 2 heterocycles. The fourth-order valence-electron chi connectivity index (χ4n) is 2.19. The number of aryl methyl sites for hydroxylation is 1. The number of aromatic nitrogens is 2. The van der Waals surface area contributed by atoms with Gasteiger partial charge in [-0.2, -0.15) is 4.37 Å². The minimum atomic E-state index is 0.822. The van der Waals surface area contributed by atoms with Crippen LogP contribution >= 0.6 is 11.5 Å². The van der Waals surface area contributed by atoms with Gasteiger partial charge < -0.3 is 10.2 Å². The van der Waals surface area contributed by atoms with Crippen LogP contribution in [0.1, 0.15) is 17.0 Å². The van der Waals surface area contributed by atoms with Crippen LogP contribution in [0.3, 0.4) is 0 Å². The highest BCUT2D eigenvalue weighted by Crippen LogP contribution is 2.19. The average Bonchev–Trinajstić information content (AvgIpc) is 2.91. The molecule has 0 unspecified atom stereocenters. The van der Waals surface area contributed by atoms with Crippen LogP contribution < -0.4 is 10.2 Å². The molecule has 1 aliphatic heterocycles. The van der Waals surface area contributed by atoms with Gasteiger partial charge in [-0.25, -0.2) is 4.98 Å². The highest BCUT2D eigenvalue weighted by atomic mass is 32.1. The van der Waals surface area contributed by atoms with Gasteiger partial charge in [-0.15, -0.1) is 0 Å². The molecule has 19 heavy (non-hydrogen) atoms. The highest BCUT2D eigenvalue weighted by molar-refractivity contribution is 7.09. The van der Waals surface area contributed by atoms with Crippen LogP contribution in [0.15, 0.2) is 24.3 Å². The van der Waals surface area contributed by atoms with E-state index in [1.807, 2.05) is 0 Å². The molecule has 1 fully saturated rings. The van der Waals surface area contributed by atoms with Crippen molar-refractivity contribution in [2.75, 3.05) is 31.1 Å². The van der Waals surface area contributed by atoms with Crippen molar-refractivity contribution in [1.82, 2.24) is 14.7 Å². The molecular formula is C14H18N4S. The summed E-state index contributed by atoms with van der Waals surface area (Å²) in [6.07, 6.45) is 0.822. The van der Waals surface area contributed by atoms with Gasteiger partial charge in [0.25, 0.3) is 0 Å².